The summed E-state index contributed by atoms with van der Waals surface area (Å²) >= 11 is 0. The number of aromatic nitrogens is 1. The highest BCUT2D eigenvalue weighted by Gasteiger charge is 2.29. The maximum Gasteiger partial charge on any atom is 0.416 e. The molecule has 1 aromatic carbocycles. The Morgan fingerprint density at radius 2 is 1.86 bits per heavy atom. The zero-order valence-corrected chi connectivity index (χ0v) is 11.4. The van der Waals surface area contributed by atoms with Crippen LogP contribution in [0.5, 0.6) is 5.75 Å². The third-order valence-electron chi connectivity index (χ3n) is 2.77. The number of nitrogens with one attached hydrogen (secondary N) is 1. The van der Waals surface area contributed by atoms with Gasteiger partial charge in [-0.05, 0) is 43.3 Å². The standard InChI is InChI=1S/C15H15F3N2O/c1-2-19-12-7-8-20-13(9-12)10-21-14-5-3-11(4-6-14)15(16,17)18/h3-9H,2,10H2,1H3,(H,19,20). The van der Waals surface area contributed by atoms with Gasteiger partial charge in [0.25, 0.3) is 0 Å². The number of ether oxygens (including phenoxy) is 1. The van der Waals surface area contributed by atoms with Crippen LogP contribution in [0.15, 0.2) is 42.6 Å². The Bertz CT molecular complexity index is 582. The summed E-state index contributed by atoms with van der Waals surface area (Å²) in [7, 11) is 0. The van der Waals surface area contributed by atoms with Crippen LogP contribution in [-0.4, -0.2) is 11.5 Å². The maximum atomic E-state index is 12.4. The summed E-state index contributed by atoms with van der Waals surface area (Å²) < 4.78 is 42.7. The first-order valence-corrected chi connectivity index (χ1v) is 6.48. The first-order valence-electron chi connectivity index (χ1n) is 6.48. The number of halogens is 3. The smallest absolute Gasteiger partial charge is 0.416 e. The van der Waals surface area contributed by atoms with Crippen molar-refractivity contribution in [2.45, 2.75) is 19.7 Å². The highest BCUT2D eigenvalue weighted by Crippen LogP contribution is 2.30. The van der Waals surface area contributed by atoms with Crippen molar-refractivity contribution in [3.63, 3.8) is 0 Å². The van der Waals surface area contributed by atoms with Gasteiger partial charge in [0, 0.05) is 18.4 Å². The lowest BCUT2D eigenvalue weighted by Crippen LogP contribution is -2.05. The minimum atomic E-state index is -4.33. The lowest BCUT2D eigenvalue weighted by atomic mass is 10.2. The highest BCUT2D eigenvalue weighted by molar-refractivity contribution is 5.43. The Balaban J connectivity index is 1.98. The second kappa shape index (κ2) is 6.47. The van der Waals surface area contributed by atoms with Crippen molar-refractivity contribution < 1.29 is 17.9 Å². The largest absolute Gasteiger partial charge is 0.487 e. The summed E-state index contributed by atoms with van der Waals surface area (Å²) in [5.74, 6) is 0.374. The van der Waals surface area contributed by atoms with Gasteiger partial charge in [-0.25, -0.2) is 0 Å². The third-order valence-corrected chi connectivity index (χ3v) is 2.77. The van der Waals surface area contributed by atoms with Gasteiger partial charge in [-0.15, -0.1) is 0 Å². The van der Waals surface area contributed by atoms with Gasteiger partial charge in [-0.1, -0.05) is 0 Å². The molecule has 0 aliphatic heterocycles. The Labute approximate surface area is 120 Å². The molecule has 2 aromatic rings. The molecule has 1 heterocycles. The molecule has 2 rings (SSSR count). The Hall–Kier alpha value is -2.24. The van der Waals surface area contributed by atoms with E-state index < -0.39 is 11.7 Å². The van der Waals surface area contributed by atoms with E-state index in [2.05, 4.69) is 10.3 Å². The fraction of sp³-hybridized carbons (Fsp3) is 0.267. The van der Waals surface area contributed by atoms with Gasteiger partial charge in [0.2, 0.25) is 0 Å². The molecule has 21 heavy (non-hydrogen) atoms. The summed E-state index contributed by atoms with van der Waals surface area (Å²) in [6.07, 6.45) is -2.68. The van der Waals surface area contributed by atoms with Crippen LogP contribution in [0.3, 0.4) is 0 Å². The number of alkyl halides is 3. The number of rotatable bonds is 5. The van der Waals surface area contributed by atoms with Gasteiger partial charge in [-0.2, -0.15) is 13.2 Å². The van der Waals surface area contributed by atoms with Crippen LogP contribution in [-0.2, 0) is 12.8 Å². The zero-order chi connectivity index (χ0) is 15.3. The molecule has 0 saturated carbocycles. The Morgan fingerprint density at radius 1 is 1.14 bits per heavy atom. The molecule has 3 nitrogen and oxygen atoms in total. The number of hydrogen-bond acceptors (Lipinski definition) is 3. The Morgan fingerprint density at radius 3 is 2.48 bits per heavy atom. The van der Waals surface area contributed by atoms with Crippen molar-refractivity contribution in [1.82, 2.24) is 4.98 Å². The molecule has 1 N–H and O–H groups in total. The predicted molar refractivity (Wildman–Crippen MR) is 74.2 cm³/mol. The van der Waals surface area contributed by atoms with Crippen molar-refractivity contribution in [2.24, 2.45) is 0 Å². The van der Waals surface area contributed by atoms with E-state index in [1.807, 2.05) is 19.1 Å². The lowest BCUT2D eigenvalue weighted by Gasteiger charge is -2.10. The number of pyridine rings is 1. The van der Waals surface area contributed by atoms with E-state index in [1.54, 1.807) is 6.20 Å². The van der Waals surface area contributed by atoms with E-state index in [0.717, 1.165) is 24.4 Å². The molecule has 0 amide bonds. The van der Waals surface area contributed by atoms with E-state index in [0.29, 0.717) is 11.4 Å². The fourth-order valence-corrected chi connectivity index (χ4v) is 1.77. The monoisotopic (exact) mass is 296 g/mol. The van der Waals surface area contributed by atoms with Crippen molar-refractivity contribution in [1.29, 1.82) is 0 Å². The third kappa shape index (κ3) is 4.37. The van der Waals surface area contributed by atoms with Gasteiger partial charge in [0.05, 0.1) is 11.3 Å². The van der Waals surface area contributed by atoms with E-state index >= 15 is 0 Å². The van der Waals surface area contributed by atoms with Gasteiger partial charge in [0.1, 0.15) is 12.4 Å². The van der Waals surface area contributed by atoms with Crippen molar-refractivity contribution in [2.75, 3.05) is 11.9 Å². The number of anilines is 1. The molecule has 0 spiro atoms. The molecule has 0 unspecified atom stereocenters. The SMILES string of the molecule is CCNc1ccnc(COc2ccc(C(F)(F)F)cc2)c1. The second-order valence-electron chi connectivity index (χ2n) is 4.38. The molecular weight excluding hydrogens is 281 g/mol. The predicted octanol–water partition coefficient (Wildman–Crippen LogP) is 4.11. The quantitative estimate of drug-likeness (QED) is 0.901. The van der Waals surface area contributed by atoms with Crippen molar-refractivity contribution in [3.8, 4) is 5.75 Å². The molecule has 112 valence electrons. The van der Waals surface area contributed by atoms with Crippen LogP contribution >= 0.6 is 0 Å². The summed E-state index contributed by atoms with van der Waals surface area (Å²) in [6, 6.07) is 8.28. The van der Waals surface area contributed by atoms with Crippen molar-refractivity contribution >= 4 is 5.69 Å². The average molecular weight is 296 g/mol. The maximum absolute atomic E-state index is 12.4. The van der Waals surface area contributed by atoms with Gasteiger partial charge in [0.15, 0.2) is 0 Å². The van der Waals surface area contributed by atoms with Crippen LogP contribution in [0.2, 0.25) is 0 Å². The average Bonchev–Trinajstić information content (AvgIpc) is 2.45. The summed E-state index contributed by atoms with van der Waals surface area (Å²) in [4.78, 5) is 4.15. The van der Waals surface area contributed by atoms with E-state index in [4.69, 9.17) is 4.74 Å². The fourth-order valence-electron chi connectivity index (χ4n) is 1.77. The molecule has 0 aliphatic rings. The molecule has 0 atom stereocenters. The van der Waals surface area contributed by atoms with E-state index in [1.165, 1.54) is 12.1 Å². The first-order chi connectivity index (χ1) is 9.99. The van der Waals surface area contributed by atoms with Crippen LogP contribution in [0.25, 0.3) is 0 Å². The molecule has 6 heteroatoms. The molecule has 0 aliphatic carbocycles. The van der Waals surface area contributed by atoms with Crippen LogP contribution < -0.4 is 10.1 Å². The summed E-state index contributed by atoms with van der Waals surface area (Å²) in [5.41, 5.74) is 0.939. The summed E-state index contributed by atoms with van der Waals surface area (Å²) in [5, 5.41) is 3.15. The lowest BCUT2D eigenvalue weighted by molar-refractivity contribution is -0.137. The highest BCUT2D eigenvalue weighted by atomic mass is 19.4. The minimum Gasteiger partial charge on any atom is -0.487 e. The molecule has 0 radical (unpaired) electrons. The number of nitrogens with zero attached hydrogens (tertiary/aromatic N) is 1. The number of hydrogen-bond donors (Lipinski definition) is 1. The second-order valence-corrected chi connectivity index (χ2v) is 4.38. The van der Waals surface area contributed by atoms with Crippen LogP contribution in [0.1, 0.15) is 18.2 Å². The van der Waals surface area contributed by atoms with Crippen molar-refractivity contribution in [3.05, 3.63) is 53.9 Å². The molecule has 1 aromatic heterocycles. The van der Waals surface area contributed by atoms with E-state index in [-0.39, 0.29) is 6.61 Å². The van der Waals surface area contributed by atoms with Gasteiger partial charge >= 0.3 is 6.18 Å². The van der Waals surface area contributed by atoms with Gasteiger partial charge in [-0.3, -0.25) is 4.98 Å². The number of benzene rings is 1. The Kier molecular flexibility index (Phi) is 4.67. The zero-order valence-electron chi connectivity index (χ0n) is 11.4. The summed E-state index contributed by atoms with van der Waals surface area (Å²) in [6.45, 7) is 2.98. The van der Waals surface area contributed by atoms with Gasteiger partial charge < -0.3 is 10.1 Å². The molecule has 0 saturated heterocycles. The normalized spacial score (nSPS) is 11.2. The molecular formula is C15H15F3N2O. The molecule has 0 fully saturated rings. The minimum absolute atomic E-state index is 0.199. The van der Waals surface area contributed by atoms with Crippen LogP contribution in [0.4, 0.5) is 18.9 Å². The topological polar surface area (TPSA) is 34.2 Å². The molecule has 0 bridgehead atoms. The van der Waals surface area contributed by atoms with Crippen LogP contribution in [0, 0.1) is 0 Å². The van der Waals surface area contributed by atoms with E-state index in [9.17, 15) is 13.2 Å². The first kappa shape index (κ1) is 15.2.